The maximum atomic E-state index is 12.6. The molecule has 2 N–H and O–H groups in total. The number of hydrogen-bond donors (Lipinski definition) is 2. The fraction of sp³-hybridized carbons (Fsp3) is 0.714. The van der Waals surface area contributed by atoms with Gasteiger partial charge in [-0.15, -0.1) is 11.3 Å². The zero-order chi connectivity index (χ0) is 15.3. The third-order valence-corrected chi connectivity index (χ3v) is 7.49. The molecule has 7 heteroatoms. The maximum Gasteiger partial charge on any atom is 0.242 e. The smallest absolute Gasteiger partial charge is 0.242 e. The van der Waals surface area contributed by atoms with Crippen LogP contribution in [0.25, 0.3) is 0 Å². The Morgan fingerprint density at radius 2 is 1.95 bits per heavy atom. The molecule has 0 saturated heterocycles. The highest BCUT2D eigenvalue weighted by molar-refractivity contribution is 9.11. The molecule has 1 aromatic rings. The molecule has 0 bridgehead atoms. The van der Waals surface area contributed by atoms with Gasteiger partial charge in [-0.3, -0.25) is 0 Å². The zero-order valence-electron chi connectivity index (χ0n) is 12.3. The van der Waals surface area contributed by atoms with Crippen LogP contribution in [-0.2, 0) is 16.6 Å². The zero-order valence-corrected chi connectivity index (χ0v) is 15.5. The van der Waals surface area contributed by atoms with Gasteiger partial charge in [0.25, 0.3) is 0 Å². The van der Waals surface area contributed by atoms with E-state index in [1.807, 2.05) is 6.92 Å². The summed E-state index contributed by atoms with van der Waals surface area (Å²) in [6.07, 6.45) is 6.56. The van der Waals surface area contributed by atoms with Crippen LogP contribution in [0.1, 0.15) is 50.3 Å². The lowest BCUT2D eigenvalue weighted by atomic mass is 10.1. The Balaban J connectivity index is 2.09. The summed E-state index contributed by atoms with van der Waals surface area (Å²) in [7, 11) is -3.43. The van der Waals surface area contributed by atoms with Crippen molar-refractivity contribution in [3.05, 3.63) is 14.7 Å². The second-order valence-corrected chi connectivity index (χ2v) is 9.58. The minimum absolute atomic E-state index is 0.0847. The van der Waals surface area contributed by atoms with Crippen molar-refractivity contribution in [2.75, 3.05) is 6.54 Å². The molecule has 1 aromatic heterocycles. The molecule has 1 aliphatic rings. The van der Waals surface area contributed by atoms with Gasteiger partial charge >= 0.3 is 0 Å². The Hall–Kier alpha value is 0.0500. The molecule has 0 atom stereocenters. The van der Waals surface area contributed by atoms with E-state index < -0.39 is 10.0 Å². The third-order valence-electron chi connectivity index (χ3n) is 3.72. The van der Waals surface area contributed by atoms with Gasteiger partial charge in [0.05, 0.1) is 3.79 Å². The molecule has 2 rings (SSSR count). The maximum absolute atomic E-state index is 12.6. The van der Waals surface area contributed by atoms with Crippen molar-refractivity contribution in [3.63, 3.8) is 0 Å². The highest BCUT2D eigenvalue weighted by Gasteiger charge is 2.24. The fourth-order valence-electron chi connectivity index (χ4n) is 2.60. The van der Waals surface area contributed by atoms with Gasteiger partial charge in [0.2, 0.25) is 10.0 Å². The Morgan fingerprint density at radius 1 is 1.29 bits per heavy atom. The lowest BCUT2D eigenvalue weighted by molar-refractivity contribution is 0.510. The Kier molecular flexibility index (Phi) is 6.68. The summed E-state index contributed by atoms with van der Waals surface area (Å²) in [5.41, 5.74) is 0. The van der Waals surface area contributed by atoms with Crippen molar-refractivity contribution in [1.29, 1.82) is 0 Å². The average Bonchev–Trinajstić information content (AvgIpc) is 2.64. The summed E-state index contributed by atoms with van der Waals surface area (Å²) in [5, 5.41) is 3.22. The van der Waals surface area contributed by atoms with Gasteiger partial charge in [0, 0.05) is 17.5 Å². The van der Waals surface area contributed by atoms with Gasteiger partial charge in [-0.05, 0) is 41.4 Å². The average molecular weight is 395 g/mol. The quantitative estimate of drug-likeness (QED) is 0.724. The highest BCUT2D eigenvalue weighted by Crippen LogP contribution is 2.32. The van der Waals surface area contributed by atoms with Crippen molar-refractivity contribution in [2.45, 2.75) is 62.9 Å². The second kappa shape index (κ2) is 8.06. The van der Waals surface area contributed by atoms with Crippen LogP contribution in [0.2, 0.25) is 0 Å². The van der Waals surface area contributed by atoms with E-state index in [1.165, 1.54) is 24.2 Å². The van der Waals surface area contributed by atoms with Crippen LogP contribution in [0, 0.1) is 0 Å². The molecule has 120 valence electrons. The molecular formula is C14H23BrN2O2S2. The van der Waals surface area contributed by atoms with Gasteiger partial charge in [0.1, 0.15) is 4.90 Å². The summed E-state index contributed by atoms with van der Waals surface area (Å²) in [4.78, 5) is 1.41. The molecule has 1 fully saturated rings. The number of rotatable bonds is 6. The Morgan fingerprint density at radius 3 is 2.57 bits per heavy atom. The molecule has 1 aliphatic carbocycles. The van der Waals surface area contributed by atoms with E-state index >= 15 is 0 Å². The van der Waals surface area contributed by atoms with E-state index in [-0.39, 0.29) is 6.04 Å². The van der Waals surface area contributed by atoms with Crippen LogP contribution < -0.4 is 10.0 Å². The Bertz CT molecular complexity index is 549. The molecule has 4 nitrogen and oxygen atoms in total. The normalized spacial score (nSPS) is 17.8. The van der Waals surface area contributed by atoms with Crippen LogP contribution >= 0.6 is 27.3 Å². The summed E-state index contributed by atoms with van der Waals surface area (Å²) in [6.45, 7) is 3.62. The fourth-order valence-corrected chi connectivity index (χ4v) is 6.55. The van der Waals surface area contributed by atoms with E-state index in [1.54, 1.807) is 6.07 Å². The van der Waals surface area contributed by atoms with Crippen LogP contribution in [0.4, 0.5) is 0 Å². The summed E-state index contributed by atoms with van der Waals surface area (Å²) in [6, 6.07) is 1.86. The van der Waals surface area contributed by atoms with E-state index in [0.717, 1.165) is 37.1 Å². The first-order valence-corrected chi connectivity index (χ1v) is 10.6. The van der Waals surface area contributed by atoms with Crippen molar-refractivity contribution in [1.82, 2.24) is 10.0 Å². The SMILES string of the molecule is CCNCc1cc(S(=O)(=O)NC2CCCCCC2)c(Br)s1. The minimum Gasteiger partial charge on any atom is -0.312 e. The molecule has 0 radical (unpaired) electrons. The first-order valence-electron chi connectivity index (χ1n) is 7.54. The van der Waals surface area contributed by atoms with Crippen LogP contribution in [0.15, 0.2) is 14.7 Å². The van der Waals surface area contributed by atoms with E-state index in [2.05, 4.69) is 26.0 Å². The Labute approximate surface area is 139 Å². The second-order valence-electron chi connectivity index (χ2n) is 5.44. The van der Waals surface area contributed by atoms with E-state index in [4.69, 9.17) is 0 Å². The van der Waals surface area contributed by atoms with Crippen molar-refractivity contribution >= 4 is 37.3 Å². The molecule has 0 aromatic carbocycles. The van der Waals surface area contributed by atoms with Crippen molar-refractivity contribution in [2.24, 2.45) is 0 Å². The largest absolute Gasteiger partial charge is 0.312 e. The molecule has 0 unspecified atom stereocenters. The topological polar surface area (TPSA) is 58.2 Å². The van der Waals surface area contributed by atoms with Crippen LogP contribution in [-0.4, -0.2) is 21.0 Å². The third kappa shape index (κ3) is 5.03. The number of halogens is 1. The highest BCUT2D eigenvalue weighted by atomic mass is 79.9. The van der Waals surface area contributed by atoms with Crippen LogP contribution in [0.5, 0.6) is 0 Å². The van der Waals surface area contributed by atoms with E-state index in [0.29, 0.717) is 15.2 Å². The molecule has 1 heterocycles. The van der Waals surface area contributed by atoms with Gasteiger partial charge in [-0.2, -0.15) is 0 Å². The molecule has 0 spiro atoms. The predicted octanol–water partition coefficient (Wildman–Crippen LogP) is 3.62. The summed E-state index contributed by atoms with van der Waals surface area (Å²) in [5.74, 6) is 0. The molecule has 0 amide bonds. The number of sulfonamides is 1. The first kappa shape index (κ1) is 17.4. The summed E-state index contributed by atoms with van der Waals surface area (Å²) < 4.78 is 28.7. The lowest BCUT2D eigenvalue weighted by Crippen LogP contribution is -2.34. The lowest BCUT2D eigenvalue weighted by Gasteiger charge is -2.15. The number of thiophene rings is 1. The van der Waals surface area contributed by atoms with Gasteiger partial charge in [-0.1, -0.05) is 32.6 Å². The molecule has 0 aliphatic heterocycles. The minimum atomic E-state index is -3.43. The van der Waals surface area contributed by atoms with E-state index in [9.17, 15) is 8.42 Å². The molecule has 21 heavy (non-hydrogen) atoms. The van der Waals surface area contributed by atoms with Crippen molar-refractivity contribution in [3.8, 4) is 0 Å². The van der Waals surface area contributed by atoms with Gasteiger partial charge < -0.3 is 5.32 Å². The van der Waals surface area contributed by atoms with Gasteiger partial charge in [-0.25, -0.2) is 13.1 Å². The molecular weight excluding hydrogens is 372 g/mol. The first-order chi connectivity index (χ1) is 10.0. The van der Waals surface area contributed by atoms with Gasteiger partial charge in [0.15, 0.2) is 0 Å². The number of hydrogen-bond acceptors (Lipinski definition) is 4. The number of nitrogens with one attached hydrogen (secondary N) is 2. The monoisotopic (exact) mass is 394 g/mol. The molecule has 1 saturated carbocycles. The predicted molar refractivity (Wildman–Crippen MR) is 91.2 cm³/mol. The van der Waals surface area contributed by atoms with Crippen LogP contribution in [0.3, 0.4) is 0 Å². The summed E-state index contributed by atoms with van der Waals surface area (Å²) >= 11 is 4.88. The standard InChI is InChI=1S/C14H23BrN2O2S2/c1-2-16-10-12-9-13(14(15)20-12)21(18,19)17-11-7-5-3-4-6-8-11/h9,11,16-17H,2-8,10H2,1H3. The van der Waals surface area contributed by atoms with Crippen molar-refractivity contribution < 1.29 is 8.42 Å².